The Hall–Kier alpha value is -3.85. The molecule has 9 nitrogen and oxygen atoms in total. The molecule has 0 spiro atoms. The molecule has 190 valence electrons. The largest absolute Gasteiger partial charge is 0.493 e. The van der Waals surface area contributed by atoms with E-state index in [1.165, 1.54) is 38.2 Å². The van der Waals surface area contributed by atoms with Crippen LogP contribution in [-0.2, 0) is 9.47 Å². The van der Waals surface area contributed by atoms with Crippen molar-refractivity contribution in [2.45, 2.75) is 19.3 Å². The summed E-state index contributed by atoms with van der Waals surface area (Å²) in [5.74, 6) is -0.319. The molecular formula is C27H31N3O6. The number of esters is 2. The summed E-state index contributed by atoms with van der Waals surface area (Å²) in [7, 11) is 4.07. The number of para-hydroxylation sites is 1. The van der Waals surface area contributed by atoms with Gasteiger partial charge in [0.1, 0.15) is 17.9 Å². The molecule has 0 saturated carbocycles. The molecule has 36 heavy (non-hydrogen) atoms. The zero-order valence-corrected chi connectivity index (χ0v) is 20.9. The number of likely N-dealkylation sites (tertiary alicyclic amines) is 1. The highest BCUT2D eigenvalue weighted by Crippen LogP contribution is 2.35. The summed E-state index contributed by atoms with van der Waals surface area (Å²) in [6.45, 7) is 3.59. The van der Waals surface area contributed by atoms with Gasteiger partial charge in [-0.1, -0.05) is 24.6 Å². The lowest BCUT2D eigenvalue weighted by molar-refractivity contribution is 0.0549. The molecule has 0 N–H and O–H groups in total. The fourth-order valence-electron chi connectivity index (χ4n) is 4.36. The topological polar surface area (TPSA) is 92.1 Å². The van der Waals surface area contributed by atoms with E-state index in [1.807, 2.05) is 18.2 Å². The van der Waals surface area contributed by atoms with Crippen molar-refractivity contribution in [2.75, 3.05) is 47.6 Å². The first-order valence-electron chi connectivity index (χ1n) is 12.0. The lowest BCUT2D eigenvalue weighted by Gasteiger charge is -2.26. The quantitative estimate of drug-likeness (QED) is 0.413. The van der Waals surface area contributed by atoms with Gasteiger partial charge in [-0.05, 0) is 56.3 Å². The first-order valence-corrected chi connectivity index (χ1v) is 12.0. The van der Waals surface area contributed by atoms with Crippen molar-refractivity contribution in [1.82, 2.24) is 14.7 Å². The molecule has 0 unspecified atom stereocenters. The summed E-state index contributed by atoms with van der Waals surface area (Å²) in [5, 5.41) is 4.63. The molecular weight excluding hydrogens is 462 g/mol. The van der Waals surface area contributed by atoms with E-state index < -0.39 is 11.9 Å². The van der Waals surface area contributed by atoms with E-state index in [2.05, 4.69) is 10.00 Å². The van der Waals surface area contributed by atoms with E-state index in [-0.39, 0.29) is 17.0 Å². The Kier molecular flexibility index (Phi) is 8.22. The monoisotopic (exact) mass is 493 g/mol. The first-order chi connectivity index (χ1) is 17.6. The number of nitrogens with zero attached hydrogens (tertiary/aromatic N) is 3. The second-order valence-electron chi connectivity index (χ2n) is 8.42. The minimum absolute atomic E-state index is 0.00835. The van der Waals surface area contributed by atoms with Crippen LogP contribution in [0.5, 0.6) is 11.5 Å². The summed E-state index contributed by atoms with van der Waals surface area (Å²) in [6.07, 6.45) is 3.74. The Bertz CT molecular complexity index is 1200. The molecule has 1 aromatic heterocycles. The van der Waals surface area contributed by atoms with Crippen LogP contribution in [0.25, 0.3) is 16.9 Å². The Morgan fingerprint density at radius 3 is 2.28 bits per heavy atom. The Morgan fingerprint density at radius 1 is 0.889 bits per heavy atom. The highest BCUT2D eigenvalue weighted by Gasteiger charge is 2.31. The molecule has 1 fully saturated rings. The van der Waals surface area contributed by atoms with Crippen LogP contribution < -0.4 is 9.47 Å². The third kappa shape index (κ3) is 5.36. The second kappa shape index (κ2) is 11.7. The fourth-order valence-corrected chi connectivity index (χ4v) is 4.36. The number of methoxy groups -OCH3 is 3. The summed E-state index contributed by atoms with van der Waals surface area (Å²) in [5.41, 5.74) is 1.42. The highest BCUT2D eigenvalue weighted by atomic mass is 16.5. The predicted molar refractivity (Wildman–Crippen MR) is 134 cm³/mol. The molecule has 3 aromatic rings. The van der Waals surface area contributed by atoms with Crippen LogP contribution in [0.1, 0.15) is 40.1 Å². The van der Waals surface area contributed by atoms with Crippen molar-refractivity contribution < 1.29 is 28.5 Å². The Morgan fingerprint density at radius 2 is 1.61 bits per heavy atom. The maximum atomic E-state index is 12.9. The van der Waals surface area contributed by atoms with Gasteiger partial charge in [0.15, 0.2) is 17.2 Å². The van der Waals surface area contributed by atoms with Gasteiger partial charge in [-0.25, -0.2) is 14.3 Å². The summed E-state index contributed by atoms with van der Waals surface area (Å²) in [4.78, 5) is 28.0. The molecule has 0 amide bonds. The van der Waals surface area contributed by atoms with Gasteiger partial charge in [-0.15, -0.1) is 0 Å². The number of piperidine rings is 1. The zero-order valence-electron chi connectivity index (χ0n) is 20.9. The van der Waals surface area contributed by atoms with E-state index >= 15 is 0 Å². The van der Waals surface area contributed by atoms with Gasteiger partial charge in [0, 0.05) is 12.1 Å². The molecule has 1 aliphatic rings. The summed E-state index contributed by atoms with van der Waals surface area (Å²) in [6, 6.07) is 14.3. The van der Waals surface area contributed by atoms with E-state index in [1.54, 1.807) is 37.4 Å². The average Bonchev–Trinajstić information content (AvgIpc) is 3.34. The molecule has 0 radical (unpaired) electrons. The minimum atomic E-state index is -0.706. The second-order valence-corrected chi connectivity index (χ2v) is 8.42. The first kappa shape index (κ1) is 25.2. The lowest BCUT2D eigenvalue weighted by atomic mass is 10.0. The number of aromatic nitrogens is 2. The number of benzene rings is 2. The molecule has 4 rings (SSSR count). The van der Waals surface area contributed by atoms with E-state index in [4.69, 9.17) is 18.9 Å². The van der Waals surface area contributed by atoms with Crippen LogP contribution in [0.15, 0.2) is 48.5 Å². The van der Waals surface area contributed by atoms with Crippen LogP contribution in [-0.4, -0.2) is 74.2 Å². The number of rotatable bonds is 9. The van der Waals surface area contributed by atoms with Crippen molar-refractivity contribution in [2.24, 2.45) is 0 Å². The van der Waals surface area contributed by atoms with Crippen LogP contribution in [0, 0.1) is 0 Å². The summed E-state index contributed by atoms with van der Waals surface area (Å²) < 4.78 is 23.0. The average molecular weight is 494 g/mol. The van der Waals surface area contributed by atoms with Crippen molar-refractivity contribution in [3.63, 3.8) is 0 Å². The minimum Gasteiger partial charge on any atom is -0.493 e. The number of carbonyl (C=O) groups excluding carboxylic acids is 2. The maximum Gasteiger partial charge on any atom is 0.357 e. The van der Waals surface area contributed by atoms with Crippen molar-refractivity contribution in [1.29, 1.82) is 0 Å². The molecule has 1 saturated heterocycles. The summed E-state index contributed by atoms with van der Waals surface area (Å²) >= 11 is 0. The van der Waals surface area contributed by atoms with Gasteiger partial charge in [-0.3, -0.25) is 4.90 Å². The molecule has 0 aliphatic carbocycles. The standard InChI is InChI=1S/C27H31N3O6/c1-33-22-18-19(12-13-21(22)36-17-16-29-14-8-5-9-15-29)24-23(26(31)34-2)25(27(32)35-3)30(28-24)20-10-6-4-7-11-20/h4,6-7,10-13,18H,5,8-9,14-17H2,1-3H3. The smallest absolute Gasteiger partial charge is 0.357 e. The van der Waals surface area contributed by atoms with Gasteiger partial charge in [0.05, 0.1) is 27.0 Å². The Balaban J connectivity index is 1.71. The van der Waals surface area contributed by atoms with Crippen LogP contribution >= 0.6 is 0 Å². The van der Waals surface area contributed by atoms with E-state index in [9.17, 15) is 9.59 Å². The van der Waals surface area contributed by atoms with Crippen molar-refractivity contribution in [3.8, 4) is 28.4 Å². The third-order valence-electron chi connectivity index (χ3n) is 6.21. The van der Waals surface area contributed by atoms with Crippen LogP contribution in [0.3, 0.4) is 0 Å². The number of carbonyl (C=O) groups is 2. The Labute approximate surface area is 210 Å². The molecule has 0 bridgehead atoms. The van der Waals surface area contributed by atoms with Gasteiger partial charge in [0.2, 0.25) is 0 Å². The van der Waals surface area contributed by atoms with Gasteiger partial charge in [-0.2, -0.15) is 5.10 Å². The fraction of sp³-hybridized carbons (Fsp3) is 0.370. The molecule has 0 atom stereocenters. The van der Waals surface area contributed by atoms with Gasteiger partial charge >= 0.3 is 11.9 Å². The van der Waals surface area contributed by atoms with Gasteiger partial charge < -0.3 is 18.9 Å². The van der Waals surface area contributed by atoms with E-state index in [0.717, 1.165) is 19.6 Å². The van der Waals surface area contributed by atoms with Crippen molar-refractivity contribution >= 4 is 11.9 Å². The maximum absolute atomic E-state index is 12.9. The number of hydrogen-bond acceptors (Lipinski definition) is 8. The van der Waals surface area contributed by atoms with E-state index in [0.29, 0.717) is 29.4 Å². The highest BCUT2D eigenvalue weighted by molar-refractivity contribution is 6.06. The van der Waals surface area contributed by atoms with Crippen LogP contribution in [0.2, 0.25) is 0 Å². The molecule has 2 aromatic carbocycles. The number of ether oxygens (including phenoxy) is 4. The SMILES string of the molecule is COC(=O)c1c(-c2ccc(OCCN3CCCCC3)c(OC)c2)nn(-c2ccccc2)c1C(=O)OC. The third-order valence-corrected chi connectivity index (χ3v) is 6.21. The number of hydrogen-bond donors (Lipinski definition) is 0. The molecule has 2 heterocycles. The normalized spacial score (nSPS) is 13.8. The predicted octanol–water partition coefficient (Wildman–Crippen LogP) is 3.99. The zero-order chi connectivity index (χ0) is 25.5. The van der Waals surface area contributed by atoms with Gasteiger partial charge in [0.25, 0.3) is 0 Å². The van der Waals surface area contributed by atoms with Crippen LogP contribution in [0.4, 0.5) is 0 Å². The lowest BCUT2D eigenvalue weighted by Crippen LogP contribution is -2.33. The van der Waals surface area contributed by atoms with Crippen molar-refractivity contribution in [3.05, 3.63) is 59.8 Å². The molecule has 1 aliphatic heterocycles. The molecule has 9 heteroatoms.